The van der Waals surface area contributed by atoms with E-state index >= 15 is 0 Å². The Bertz CT molecular complexity index is 445. The Balaban J connectivity index is 1.85. The smallest absolute Gasteiger partial charge is 0.108 e. The quantitative estimate of drug-likeness (QED) is 0.874. The van der Waals surface area contributed by atoms with E-state index in [4.69, 9.17) is 0 Å². The Kier molecular flexibility index (Phi) is 3.88. The van der Waals surface area contributed by atoms with Gasteiger partial charge in [-0.15, -0.1) is 0 Å². The number of pyridine rings is 2. The first-order chi connectivity index (χ1) is 7.84. The van der Waals surface area contributed by atoms with Crippen LogP contribution in [0.3, 0.4) is 0 Å². The van der Waals surface area contributed by atoms with Crippen LogP contribution in [0.2, 0.25) is 0 Å². The Hall–Kier alpha value is -1.42. The first-order valence-corrected chi connectivity index (χ1v) is 5.89. The first-order valence-electron chi connectivity index (χ1n) is 5.10. The second-order valence-electron chi connectivity index (χ2n) is 3.37. The van der Waals surface area contributed by atoms with Crippen LogP contribution in [0.4, 0.5) is 5.69 Å². The van der Waals surface area contributed by atoms with E-state index < -0.39 is 0 Å². The van der Waals surface area contributed by atoms with Crippen molar-refractivity contribution < 1.29 is 0 Å². The summed E-state index contributed by atoms with van der Waals surface area (Å²) in [5.41, 5.74) is 2.17. The molecule has 0 unspecified atom stereocenters. The molecule has 0 radical (unpaired) electrons. The summed E-state index contributed by atoms with van der Waals surface area (Å²) in [5, 5.41) is 3.32. The van der Waals surface area contributed by atoms with Crippen LogP contribution in [0.1, 0.15) is 5.69 Å². The molecule has 0 atom stereocenters. The highest BCUT2D eigenvalue weighted by molar-refractivity contribution is 9.10. The lowest BCUT2D eigenvalue weighted by molar-refractivity contribution is 0.960. The number of halogens is 1. The highest BCUT2D eigenvalue weighted by Gasteiger charge is 1.95. The van der Waals surface area contributed by atoms with Gasteiger partial charge in [-0.2, -0.15) is 0 Å². The SMILES string of the molecule is Brc1cc(NCCc2ccccn2)ccn1. The summed E-state index contributed by atoms with van der Waals surface area (Å²) >= 11 is 3.34. The monoisotopic (exact) mass is 277 g/mol. The molecule has 0 aliphatic carbocycles. The summed E-state index contributed by atoms with van der Waals surface area (Å²) in [6.45, 7) is 0.869. The van der Waals surface area contributed by atoms with Crippen LogP contribution in [0.15, 0.2) is 47.3 Å². The van der Waals surface area contributed by atoms with Gasteiger partial charge in [0.1, 0.15) is 4.60 Å². The predicted octanol–water partition coefficient (Wildman–Crippen LogP) is 2.89. The van der Waals surface area contributed by atoms with Crippen LogP contribution in [0, 0.1) is 0 Å². The second kappa shape index (κ2) is 5.61. The maximum absolute atomic E-state index is 4.27. The number of aromatic nitrogens is 2. The fourth-order valence-corrected chi connectivity index (χ4v) is 1.76. The van der Waals surface area contributed by atoms with Crippen LogP contribution >= 0.6 is 15.9 Å². The zero-order valence-electron chi connectivity index (χ0n) is 8.73. The summed E-state index contributed by atoms with van der Waals surface area (Å²) in [6, 6.07) is 9.87. The van der Waals surface area contributed by atoms with Crippen molar-refractivity contribution in [3.63, 3.8) is 0 Å². The lowest BCUT2D eigenvalue weighted by Crippen LogP contribution is -2.05. The van der Waals surface area contributed by atoms with E-state index in [1.165, 1.54) is 0 Å². The van der Waals surface area contributed by atoms with Crippen molar-refractivity contribution in [3.8, 4) is 0 Å². The molecule has 1 N–H and O–H groups in total. The standard InChI is InChI=1S/C12H12BrN3/c13-12-9-11(5-8-16-12)15-7-4-10-3-1-2-6-14-10/h1-3,5-6,8-9H,4,7H2,(H,15,16). The molecule has 0 amide bonds. The summed E-state index contributed by atoms with van der Waals surface area (Å²) in [7, 11) is 0. The molecule has 16 heavy (non-hydrogen) atoms. The van der Waals surface area contributed by atoms with Crippen molar-refractivity contribution >= 4 is 21.6 Å². The average molecular weight is 278 g/mol. The van der Waals surface area contributed by atoms with E-state index in [0.717, 1.165) is 29.0 Å². The zero-order valence-corrected chi connectivity index (χ0v) is 10.3. The van der Waals surface area contributed by atoms with Gasteiger partial charge in [0.05, 0.1) is 0 Å². The Morgan fingerprint density at radius 2 is 2.06 bits per heavy atom. The topological polar surface area (TPSA) is 37.8 Å². The zero-order chi connectivity index (χ0) is 11.2. The van der Waals surface area contributed by atoms with Crippen molar-refractivity contribution in [2.45, 2.75) is 6.42 Å². The Morgan fingerprint density at radius 3 is 2.81 bits per heavy atom. The van der Waals surface area contributed by atoms with E-state index in [1.807, 2.05) is 36.5 Å². The third-order valence-electron chi connectivity index (χ3n) is 2.16. The lowest BCUT2D eigenvalue weighted by atomic mass is 10.2. The van der Waals surface area contributed by atoms with Gasteiger partial charge < -0.3 is 5.32 Å². The van der Waals surface area contributed by atoms with E-state index in [-0.39, 0.29) is 0 Å². The maximum atomic E-state index is 4.27. The van der Waals surface area contributed by atoms with Crippen molar-refractivity contribution in [1.82, 2.24) is 9.97 Å². The molecule has 0 aliphatic heterocycles. The van der Waals surface area contributed by atoms with Crippen LogP contribution in [-0.4, -0.2) is 16.5 Å². The molecular formula is C12H12BrN3. The summed E-state index contributed by atoms with van der Waals surface area (Å²) in [4.78, 5) is 8.34. The Morgan fingerprint density at radius 1 is 1.12 bits per heavy atom. The summed E-state index contributed by atoms with van der Waals surface area (Å²) < 4.78 is 0.843. The van der Waals surface area contributed by atoms with Gasteiger partial charge in [0.25, 0.3) is 0 Å². The lowest BCUT2D eigenvalue weighted by Gasteiger charge is -2.05. The molecule has 4 heteroatoms. The average Bonchev–Trinajstić information content (AvgIpc) is 2.30. The molecule has 3 nitrogen and oxygen atoms in total. The second-order valence-corrected chi connectivity index (χ2v) is 4.18. The normalized spacial score (nSPS) is 10.1. The van der Waals surface area contributed by atoms with Gasteiger partial charge >= 0.3 is 0 Å². The molecule has 0 spiro atoms. The highest BCUT2D eigenvalue weighted by atomic mass is 79.9. The van der Waals surface area contributed by atoms with Gasteiger partial charge in [0.2, 0.25) is 0 Å². The van der Waals surface area contributed by atoms with E-state index in [2.05, 4.69) is 31.2 Å². The molecule has 0 bridgehead atoms. The molecule has 2 rings (SSSR count). The van der Waals surface area contributed by atoms with Crippen molar-refractivity contribution in [1.29, 1.82) is 0 Å². The fraction of sp³-hybridized carbons (Fsp3) is 0.167. The van der Waals surface area contributed by atoms with Gasteiger partial charge in [-0.1, -0.05) is 6.07 Å². The largest absolute Gasteiger partial charge is 0.385 e. The fourth-order valence-electron chi connectivity index (χ4n) is 1.39. The van der Waals surface area contributed by atoms with E-state index in [0.29, 0.717) is 0 Å². The van der Waals surface area contributed by atoms with E-state index in [9.17, 15) is 0 Å². The number of rotatable bonds is 4. The van der Waals surface area contributed by atoms with Gasteiger partial charge in [-0.05, 0) is 40.2 Å². The third-order valence-corrected chi connectivity index (χ3v) is 2.60. The van der Waals surface area contributed by atoms with Gasteiger partial charge in [0.15, 0.2) is 0 Å². The Labute approximate surface area is 103 Å². The van der Waals surface area contributed by atoms with Crippen LogP contribution in [0.25, 0.3) is 0 Å². The number of nitrogens with one attached hydrogen (secondary N) is 1. The summed E-state index contributed by atoms with van der Waals surface area (Å²) in [5.74, 6) is 0. The van der Waals surface area contributed by atoms with Gasteiger partial charge in [-0.3, -0.25) is 4.98 Å². The number of nitrogens with zero attached hydrogens (tertiary/aromatic N) is 2. The van der Waals surface area contributed by atoms with Crippen molar-refractivity contribution in [2.24, 2.45) is 0 Å². The van der Waals surface area contributed by atoms with Crippen molar-refractivity contribution in [2.75, 3.05) is 11.9 Å². The third kappa shape index (κ3) is 3.31. The summed E-state index contributed by atoms with van der Waals surface area (Å²) in [6.07, 6.45) is 4.51. The molecule has 2 aromatic rings. The number of hydrogen-bond donors (Lipinski definition) is 1. The van der Waals surface area contributed by atoms with Crippen LogP contribution < -0.4 is 5.32 Å². The molecule has 0 aromatic carbocycles. The minimum atomic E-state index is 0.843. The number of anilines is 1. The molecule has 2 aromatic heterocycles. The first kappa shape index (κ1) is 11.1. The van der Waals surface area contributed by atoms with Crippen LogP contribution in [-0.2, 0) is 6.42 Å². The molecule has 82 valence electrons. The molecule has 2 heterocycles. The molecule has 0 aliphatic rings. The van der Waals surface area contributed by atoms with Crippen molar-refractivity contribution in [3.05, 3.63) is 53.0 Å². The van der Waals surface area contributed by atoms with Gasteiger partial charge in [-0.25, -0.2) is 4.98 Å². The van der Waals surface area contributed by atoms with E-state index in [1.54, 1.807) is 6.20 Å². The molecule has 0 saturated heterocycles. The molecule has 0 saturated carbocycles. The van der Waals surface area contributed by atoms with Gasteiger partial charge in [0, 0.05) is 36.7 Å². The molecule has 0 fully saturated rings. The minimum absolute atomic E-state index is 0.843. The van der Waals surface area contributed by atoms with Crippen LogP contribution in [0.5, 0.6) is 0 Å². The number of hydrogen-bond acceptors (Lipinski definition) is 3. The predicted molar refractivity (Wildman–Crippen MR) is 68.4 cm³/mol. The molecular weight excluding hydrogens is 266 g/mol. The maximum Gasteiger partial charge on any atom is 0.108 e. The highest BCUT2D eigenvalue weighted by Crippen LogP contribution is 2.12. The minimum Gasteiger partial charge on any atom is -0.385 e.